The van der Waals surface area contributed by atoms with Gasteiger partial charge in [0.2, 0.25) is 11.8 Å². The van der Waals surface area contributed by atoms with Crippen LogP contribution in [-0.4, -0.2) is 61.3 Å². The third-order valence-electron chi connectivity index (χ3n) is 5.82. The van der Waals surface area contributed by atoms with Crippen LogP contribution in [0, 0.1) is 17.8 Å². The molecule has 2 unspecified atom stereocenters. The summed E-state index contributed by atoms with van der Waals surface area (Å²) >= 11 is 0. The fraction of sp³-hybridized carbons (Fsp3) is 0.867. The van der Waals surface area contributed by atoms with Crippen molar-refractivity contribution in [2.75, 3.05) is 32.9 Å². The summed E-state index contributed by atoms with van der Waals surface area (Å²) in [5.41, 5.74) is -0.285. The highest BCUT2D eigenvalue weighted by Gasteiger charge is 2.59. The molecule has 0 bridgehead atoms. The zero-order valence-corrected chi connectivity index (χ0v) is 12.3. The van der Waals surface area contributed by atoms with Crippen LogP contribution in [0.25, 0.3) is 0 Å². The van der Waals surface area contributed by atoms with Gasteiger partial charge in [-0.1, -0.05) is 0 Å². The topological polar surface area (TPSA) is 67.9 Å². The Morgan fingerprint density at radius 2 is 1.95 bits per heavy atom. The standard InChI is InChI=1S/C15H22N2O4/c1-9-15(21-8-12(18)16-9)2-4-17(5-3-15)14(19)13-10-6-20-7-11(10)13/h9-11,13H,2-8H2,1H3,(H,16,18)/t9?,10-,11+,13?. The molecule has 0 aromatic carbocycles. The van der Waals surface area contributed by atoms with Crippen LogP contribution in [0.4, 0.5) is 0 Å². The zero-order chi connectivity index (χ0) is 14.6. The summed E-state index contributed by atoms with van der Waals surface area (Å²) in [7, 11) is 0. The summed E-state index contributed by atoms with van der Waals surface area (Å²) in [4.78, 5) is 25.9. The number of hydrogen-bond acceptors (Lipinski definition) is 4. The second-order valence-electron chi connectivity index (χ2n) is 6.86. The van der Waals surface area contributed by atoms with Crippen molar-refractivity contribution in [2.45, 2.75) is 31.4 Å². The van der Waals surface area contributed by atoms with Gasteiger partial charge in [-0.3, -0.25) is 9.59 Å². The molecular formula is C15H22N2O4. The molecule has 6 nitrogen and oxygen atoms in total. The Bertz CT molecular complexity index is 462. The van der Waals surface area contributed by atoms with E-state index in [2.05, 4.69) is 5.32 Å². The smallest absolute Gasteiger partial charge is 0.246 e. The average Bonchev–Trinajstić information content (AvgIpc) is 2.96. The number of likely N-dealkylation sites (tertiary alicyclic amines) is 1. The predicted molar refractivity (Wildman–Crippen MR) is 73.4 cm³/mol. The summed E-state index contributed by atoms with van der Waals surface area (Å²) in [5.74, 6) is 1.40. The number of amides is 2. The summed E-state index contributed by atoms with van der Waals surface area (Å²) in [6.07, 6.45) is 1.61. The van der Waals surface area contributed by atoms with Crippen LogP contribution in [-0.2, 0) is 19.1 Å². The number of nitrogens with one attached hydrogen (secondary N) is 1. The first-order valence-corrected chi connectivity index (χ1v) is 7.90. The van der Waals surface area contributed by atoms with Crippen molar-refractivity contribution in [3.05, 3.63) is 0 Å². The largest absolute Gasteiger partial charge is 0.381 e. The molecule has 0 aromatic heterocycles. The van der Waals surface area contributed by atoms with Gasteiger partial charge in [-0.05, 0) is 31.6 Å². The molecular weight excluding hydrogens is 272 g/mol. The van der Waals surface area contributed by atoms with Crippen molar-refractivity contribution < 1.29 is 19.1 Å². The van der Waals surface area contributed by atoms with Gasteiger partial charge in [0.15, 0.2) is 0 Å². The second kappa shape index (κ2) is 4.68. The third kappa shape index (κ3) is 2.07. The maximum Gasteiger partial charge on any atom is 0.246 e. The first-order valence-electron chi connectivity index (χ1n) is 7.90. The van der Waals surface area contributed by atoms with Crippen LogP contribution in [0.15, 0.2) is 0 Å². The van der Waals surface area contributed by atoms with Crippen molar-refractivity contribution in [1.82, 2.24) is 10.2 Å². The summed E-state index contributed by atoms with van der Waals surface area (Å²) in [6.45, 7) is 5.11. The highest BCUT2D eigenvalue weighted by atomic mass is 16.5. The van der Waals surface area contributed by atoms with E-state index >= 15 is 0 Å². The van der Waals surface area contributed by atoms with Crippen LogP contribution in [0.5, 0.6) is 0 Å². The van der Waals surface area contributed by atoms with Gasteiger partial charge in [0.1, 0.15) is 6.61 Å². The van der Waals surface area contributed by atoms with E-state index in [1.807, 2.05) is 11.8 Å². The lowest BCUT2D eigenvalue weighted by molar-refractivity contribution is -0.163. The minimum absolute atomic E-state index is 0.0182. The Kier molecular flexibility index (Phi) is 3.01. The van der Waals surface area contributed by atoms with E-state index in [9.17, 15) is 9.59 Å². The van der Waals surface area contributed by atoms with E-state index in [-0.39, 0.29) is 30.1 Å². The molecule has 4 aliphatic rings. The molecule has 1 N–H and O–H groups in total. The van der Waals surface area contributed by atoms with Crippen molar-refractivity contribution >= 4 is 11.8 Å². The average molecular weight is 294 g/mol. The third-order valence-corrected chi connectivity index (χ3v) is 5.82. The highest BCUT2D eigenvalue weighted by molar-refractivity contribution is 5.83. The van der Waals surface area contributed by atoms with Gasteiger partial charge in [0, 0.05) is 19.0 Å². The van der Waals surface area contributed by atoms with Crippen LogP contribution in [0.3, 0.4) is 0 Å². The lowest BCUT2D eigenvalue weighted by Gasteiger charge is -2.47. The number of carbonyl (C=O) groups is 2. The summed E-state index contributed by atoms with van der Waals surface area (Å²) < 4.78 is 11.2. The number of piperidine rings is 1. The molecule has 21 heavy (non-hydrogen) atoms. The summed E-state index contributed by atoms with van der Waals surface area (Å²) in [6, 6.07) is 0.0182. The molecule has 4 atom stereocenters. The van der Waals surface area contributed by atoms with E-state index in [1.54, 1.807) is 0 Å². The number of carbonyl (C=O) groups excluding carboxylic acids is 2. The number of rotatable bonds is 1. The summed E-state index contributed by atoms with van der Waals surface area (Å²) in [5, 5.41) is 2.97. The number of fused-ring (bicyclic) bond motifs is 1. The maximum absolute atomic E-state index is 12.5. The molecule has 3 heterocycles. The van der Waals surface area contributed by atoms with Crippen LogP contribution >= 0.6 is 0 Å². The van der Waals surface area contributed by atoms with Gasteiger partial charge in [-0.2, -0.15) is 0 Å². The zero-order valence-electron chi connectivity index (χ0n) is 12.3. The highest BCUT2D eigenvalue weighted by Crippen LogP contribution is 2.52. The number of nitrogens with zero attached hydrogens (tertiary/aromatic N) is 1. The van der Waals surface area contributed by atoms with Crippen LogP contribution in [0.1, 0.15) is 19.8 Å². The maximum atomic E-state index is 12.5. The molecule has 116 valence electrons. The minimum atomic E-state index is -0.285. The van der Waals surface area contributed by atoms with Gasteiger partial charge < -0.3 is 19.7 Å². The van der Waals surface area contributed by atoms with E-state index < -0.39 is 0 Å². The van der Waals surface area contributed by atoms with Gasteiger partial charge in [0.05, 0.1) is 24.9 Å². The van der Waals surface area contributed by atoms with E-state index in [4.69, 9.17) is 9.47 Å². The van der Waals surface area contributed by atoms with Gasteiger partial charge in [-0.15, -0.1) is 0 Å². The molecule has 0 radical (unpaired) electrons. The number of ether oxygens (including phenoxy) is 2. The van der Waals surface area contributed by atoms with E-state index in [0.717, 1.165) is 39.1 Å². The number of morpholine rings is 1. The Balaban J connectivity index is 1.36. The Hall–Kier alpha value is -1.14. The molecule has 1 spiro atoms. The monoisotopic (exact) mass is 294 g/mol. The molecule has 3 aliphatic heterocycles. The van der Waals surface area contributed by atoms with Crippen LogP contribution in [0.2, 0.25) is 0 Å². The molecule has 4 rings (SSSR count). The second-order valence-corrected chi connectivity index (χ2v) is 6.86. The molecule has 3 saturated heterocycles. The quantitative estimate of drug-likeness (QED) is 0.726. The lowest BCUT2D eigenvalue weighted by Crippen LogP contribution is -2.63. The fourth-order valence-corrected chi connectivity index (χ4v) is 4.25. The molecule has 4 fully saturated rings. The van der Waals surface area contributed by atoms with Gasteiger partial charge >= 0.3 is 0 Å². The van der Waals surface area contributed by atoms with Crippen molar-refractivity contribution in [2.24, 2.45) is 17.8 Å². The van der Waals surface area contributed by atoms with E-state index in [1.165, 1.54) is 0 Å². The Morgan fingerprint density at radius 1 is 1.29 bits per heavy atom. The van der Waals surface area contributed by atoms with Gasteiger partial charge in [0.25, 0.3) is 0 Å². The SMILES string of the molecule is CC1NC(=O)COC12CCN(C(=O)C1[C@H]3COC[C@@H]13)CC2. The first-order chi connectivity index (χ1) is 10.1. The minimum Gasteiger partial charge on any atom is -0.381 e. The van der Waals surface area contributed by atoms with E-state index in [0.29, 0.717) is 17.7 Å². The Labute approximate surface area is 124 Å². The first kappa shape index (κ1) is 13.5. The van der Waals surface area contributed by atoms with Crippen molar-refractivity contribution in [3.8, 4) is 0 Å². The molecule has 0 aromatic rings. The normalized spacial score (nSPS) is 40.8. The van der Waals surface area contributed by atoms with Crippen molar-refractivity contribution in [3.63, 3.8) is 0 Å². The fourth-order valence-electron chi connectivity index (χ4n) is 4.25. The number of hydrogen-bond donors (Lipinski definition) is 1. The Morgan fingerprint density at radius 3 is 2.57 bits per heavy atom. The molecule has 1 saturated carbocycles. The van der Waals surface area contributed by atoms with Crippen molar-refractivity contribution in [1.29, 1.82) is 0 Å². The lowest BCUT2D eigenvalue weighted by atomic mass is 9.83. The predicted octanol–water partition coefficient (Wildman–Crippen LogP) is -0.225. The van der Waals surface area contributed by atoms with Crippen LogP contribution < -0.4 is 5.32 Å². The van der Waals surface area contributed by atoms with Gasteiger partial charge in [-0.25, -0.2) is 0 Å². The molecule has 6 heteroatoms. The molecule has 1 aliphatic carbocycles. The molecule has 2 amide bonds.